The topological polar surface area (TPSA) is 52.0 Å². The van der Waals surface area contributed by atoms with E-state index in [9.17, 15) is 4.79 Å². The predicted octanol–water partition coefficient (Wildman–Crippen LogP) is 1.33. The molecule has 1 saturated heterocycles. The summed E-state index contributed by atoms with van der Waals surface area (Å²) in [5, 5.41) is 3.18. The number of amides is 1. The summed E-state index contributed by atoms with van der Waals surface area (Å²) in [6.45, 7) is 4.42. The van der Waals surface area contributed by atoms with Gasteiger partial charge in [-0.15, -0.1) is 0 Å². The molecule has 148 valence electrons. The van der Waals surface area contributed by atoms with Crippen molar-refractivity contribution in [2.45, 2.75) is 25.3 Å². The van der Waals surface area contributed by atoms with Gasteiger partial charge in [0.25, 0.3) is 5.91 Å². The third-order valence-electron chi connectivity index (χ3n) is 5.67. The van der Waals surface area contributed by atoms with Gasteiger partial charge in [-0.25, -0.2) is 0 Å². The zero-order valence-electron chi connectivity index (χ0n) is 16.3. The van der Waals surface area contributed by atoms with Gasteiger partial charge in [-0.1, -0.05) is 36.4 Å². The Bertz CT molecular complexity index is 788. The van der Waals surface area contributed by atoms with Crippen molar-refractivity contribution in [1.82, 2.24) is 5.32 Å². The number of carbonyl (C=O) groups excluding carboxylic acids is 1. The Morgan fingerprint density at radius 3 is 2.68 bits per heavy atom. The molecule has 1 heterocycles. The second-order valence-electron chi connectivity index (χ2n) is 7.67. The fraction of sp³-hybridized carbons (Fsp3) is 0.435. The quantitative estimate of drug-likeness (QED) is 0.761. The normalized spacial score (nSPS) is 17.7. The Morgan fingerprint density at radius 1 is 1.07 bits per heavy atom. The number of nitrogens with one attached hydrogen (secondary N) is 2. The average Bonchev–Trinajstić information content (AvgIpc) is 3.21. The molecule has 0 spiro atoms. The summed E-state index contributed by atoms with van der Waals surface area (Å²) >= 11 is 0. The maximum atomic E-state index is 12.6. The van der Waals surface area contributed by atoms with Crippen molar-refractivity contribution in [1.29, 1.82) is 0 Å². The molecule has 28 heavy (non-hydrogen) atoms. The van der Waals surface area contributed by atoms with E-state index in [0.717, 1.165) is 57.0 Å². The van der Waals surface area contributed by atoms with Crippen LogP contribution in [0.2, 0.25) is 0 Å². The molecule has 5 heteroatoms. The lowest BCUT2D eigenvalue weighted by Crippen LogP contribution is -3.14. The van der Waals surface area contributed by atoms with Gasteiger partial charge in [0.15, 0.2) is 6.61 Å². The van der Waals surface area contributed by atoms with Crippen LogP contribution in [0.15, 0.2) is 48.5 Å². The smallest absolute Gasteiger partial charge is 0.258 e. The highest BCUT2D eigenvalue weighted by atomic mass is 16.5. The monoisotopic (exact) mass is 381 g/mol. The van der Waals surface area contributed by atoms with Gasteiger partial charge in [-0.3, -0.25) is 4.79 Å². The van der Waals surface area contributed by atoms with Crippen molar-refractivity contribution >= 4 is 5.91 Å². The first-order chi connectivity index (χ1) is 13.8. The molecule has 0 aromatic heterocycles. The molecular formula is C23H29N2O3+. The fourth-order valence-corrected chi connectivity index (χ4v) is 4.11. The summed E-state index contributed by atoms with van der Waals surface area (Å²) in [6, 6.07) is 16.4. The van der Waals surface area contributed by atoms with Crippen LogP contribution in [0.3, 0.4) is 0 Å². The Morgan fingerprint density at radius 2 is 1.86 bits per heavy atom. The van der Waals surface area contributed by atoms with Gasteiger partial charge < -0.3 is 19.7 Å². The standard InChI is InChI=1S/C23H28N2O3/c26-23(17-28-21-10-9-18-7-4-8-20(18)15-21)24-22(19-5-2-1-3-6-19)16-25-11-13-27-14-12-25/h1-3,5-6,9-10,15,22H,4,7-8,11-14,16-17H2,(H,24,26)/p+1/t22-/m1/s1. The van der Waals surface area contributed by atoms with E-state index >= 15 is 0 Å². The number of morpholine rings is 1. The largest absolute Gasteiger partial charge is 0.484 e. The highest BCUT2D eigenvalue weighted by molar-refractivity contribution is 5.78. The van der Waals surface area contributed by atoms with Crippen LogP contribution in [0.1, 0.15) is 29.2 Å². The van der Waals surface area contributed by atoms with E-state index in [1.54, 1.807) is 0 Å². The Balaban J connectivity index is 1.36. The minimum absolute atomic E-state index is 0.0228. The second kappa shape index (κ2) is 9.22. The minimum Gasteiger partial charge on any atom is -0.484 e. The number of quaternary nitrogens is 1. The molecule has 1 atom stereocenters. The molecule has 5 nitrogen and oxygen atoms in total. The third kappa shape index (κ3) is 4.91. The van der Waals surface area contributed by atoms with Crippen LogP contribution >= 0.6 is 0 Å². The molecule has 2 N–H and O–H groups in total. The summed E-state index contributed by atoms with van der Waals surface area (Å²) in [5.41, 5.74) is 3.90. The van der Waals surface area contributed by atoms with Crippen molar-refractivity contribution in [3.05, 3.63) is 65.2 Å². The number of carbonyl (C=O) groups is 1. The summed E-state index contributed by atoms with van der Waals surface area (Å²) in [5.74, 6) is 0.702. The van der Waals surface area contributed by atoms with Crippen LogP contribution in [0.5, 0.6) is 5.75 Å². The van der Waals surface area contributed by atoms with Crippen molar-refractivity contribution < 1.29 is 19.2 Å². The van der Waals surface area contributed by atoms with Gasteiger partial charge in [-0.05, 0) is 48.1 Å². The number of hydrogen-bond donors (Lipinski definition) is 2. The average molecular weight is 381 g/mol. The molecule has 1 aliphatic heterocycles. The number of benzene rings is 2. The number of hydrogen-bond acceptors (Lipinski definition) is 3. The first-order valence-electron chi connectivity index (χ1n) is 10.3. The lowest BCUT2D eigenvalue weighted by atomic mass is 10.1. The maximum absolute atomic E-state index is 12.6. The van der Waals surface area contributed by atoms with Crippen molar-refractivity contribution in [2.75, 3.05) is 39.5 Å². The molecule has 0 saturated carbocycles. The third-order valence-corrected chi connectivity index (χ3v) is 5.67. The molecule has 2 aromatic rings. The van der Waals surface area contributed by atoms with E-state index in [1.165, 1.54) is 22.4 Å². The molecule has 1 fully saturated rings. The Hall–Kier alpha value is -2.37. The number of fused-ring (bicyclic) bond motifs is 1. The van der Waals surface area contributed by atoms with Crippen LogP contribution in [0.4, 0.5) is 0 Å². The van der Waals surface area contributed by atoms with E-state index in [1.807, 2.05) is 24.3 Å². The van der Waals surface area contributed by atoms with Crippen LogP contribution < -0.4 is 15.0 Å². The molecule has 1 amide bonds. The minimum atomic E-state index is -0.0815. The van der Waals surface area contributed by atoms with Crippen LogP contribution in [0.25, 0.3) is 0 Å². The first kappa shape index (κ1) is 19.0. The maximum Gasteiger partial charge on any atom is 0.258 e. The Labute approximate surface area is 166 Å². The fourth-order valence-electron chi connectivity index (χ4n) is 4.11. The molecular weight excluding hydrogens is 352 g/mol. The van der Waals surface area contributed by atoms with E-state index < -0.39 is 0 Å². The van der Waals surface area contributed by atoms with Gasteiger partial charge in [-0.2, -0.15) is 0 Å². The van der Waals surface area contributed by atoms with Crippen molar-refractivity contribution in [3.8, 4) is 5.75 Å². The summed E-state index contributed by atoms with van der Waals surface area (Å²) < 4.78 is 11.2. The van der Waals surface area contributed by atoms with E-state index in [2.05, 4.69) is 29.6 Å². The SMILES string of the molecule is O=C(COc1ccc2c(c1)CCC2)N[C@H](C[NH+]1CCOCC1)c1ccccc1. The predicted molar refractivity (Wildman–Crippen MR) is 108 cm³/mol. The zero-order valence-corrected chi connectivity index (χ0v) is 16.3. The lowest BCUT2D eigenvalue weighted by molar-refractivity contribution is -0.909. The van der Waals surface area contributed by atoms with Gasteiger partial charge in [0, 0.05) is 0 Å². The molecule has 2 aliphatic rings. The summed E-state index contributed by atoms with van der Waals surface area (Å²) in [7, 11) is 0. The van der Waals surface area contributed by atoms with Gasteiger partial charge >= 0.3 is 0 Å². The van der Waals surface area contributed by atoms with Gasteiger partial charge in [0.05, 0.1) is 13.2 Å². The first-order valence-corrected chi connectivity index (χ1v) is 10.3. The molecule has 0 radical (unpaired) electrons. The summed E-state index contributed by atoms with van der Waals surface area (Å²) in [6.07, 6.45) is 3.47. The molecule has 0 unspecified atom stereocenters. The van der Waals surface area contributed by atoms with E-state index in [0.29, 0.717) is 0 Å². The van der Waals surface area contributed by atoms with Crippen molar-refractivity contribution in [2.24, 2.45) is 0 Å². The molecule has 4 rings (SSSR count). The van der Waals surface area contributed by atoms with Gasteiger partial charge in [0.1, 0.15) is 31.4 Å². The lowest BCUT2D eigenvalue weighted by Gasteiger charge is -2.28. The van der Waals surface area contributed by atoms with Gasteiger partial charge in [0.2, 0.25) is 0 Å². The molecule has 2 aromatic carbocycles. The Kier molecular flexibility index (Phi) is 6.24. The molecule has 1 aliphatic carbocycles. The van der Waals surface area contributed by atoms with Crippen LogP contribution in [0, 0.1) is 0 Å². The highest BCUT2D eigenvalue weighted by Gasteiger charge is 2.23. The summed E-state index contributed by atoms with van der Waals surface area (Å²) in [4.78, 5) is 14.1. The second-order valence-corrected chi connectivity index (χ2v) is 7.67. The number of rotatable bonds is 7. The van der Waals surface area contributed by atoms with E-state index in [-0.39, 0.29) is 18.6 Å². The van der Waals surface area contributed by atoms with Crippen molar-refractivity contribution in [3.63, 3.8) is 0 Å². The number of aryl methyl sites for hydroxylation is 2. The van der Waals surface area contributed by atoms with Crippen LogP contribution in [-0.2, 0) is 22.4 Å². The number of ether oxygens (including phenoxy) is 2. The molecule has 0 bridgehead atoms. The van der Waals surface area contributed by atoms with E-state index in [4.69, 9.17) is 9.47 Å². The zero-order chi connectivity index (χ0) is 19.2. The highest BCUT2D eigenvalue weighted by Crippen LogP contribution is 2.26. The van der Waals surface area contributed by atoms with Crippen LogP contribution in [-0.4, -0.2) is 45.4 Å².